The van der Waals surface area contributed by atoms with E-state index in [0.29, 0.717) is 6.07 Å². The normalized spacial score (nSPS) is 14.8. The first kappa shape index (κ1) is 14.0. The first-order valence-electron chi connectivity index (χ1n) is 5.28. The van der Waals surface area contributed by atoms with Gasteiger partial charge in [0.25, 0.3) is 6.29 Å². The maximum absolute atomic E-state index is 12.7. The predicted molar refractivity (Wildman–Crippen MR) is 56.8 cm³/mol. The van der Waals surface area contributed by atoms with E-state index < -0.39 is 35.6 Å². The number of hydrogen-bond acceptors (Lipinski definition) is 5. The molecule has 9 heteroatoms. The van der Waals surface area contributed by atoms with Crippen molar-refractivity contribution in [1.29, 1.82) is 0 Å². The van der Waals surface area contributed by atoms with E-state index >= 15 is 0 Å². The molecule has 1 aliphatic rings. The van der Waals surface area contributed by atoms with E-state index in [0.717, 1.165) is 6.07 Å². The third-order valence-electron chi connectivity index (χ3n) is 2.26. The second-order valence-corrected chi connectivity index (χ2v) is 3.64. The van der Waals surface area contributed by atoms with Crippen molar-refractivity contribution in [3.05, 3.63) is 35.9 Å². The van der Waals surface area contributed by atoms with Gasteiger partial charge in [0.15, 0.2) is 12.3 Å². The van der Waals surface area contributed by atoms with Gasteiger partial charge in [0.05, 0.1) is 0 Å². The van der Waals surface area contributed by atoms with Crippen molar-refractivity contribution in [3.8, 4) is 5.88 Å². The van der Waals surface area contributed by atoms with E-state index in [1.54, 1.807) is 0 Å². The average Bonchev–Trinajstić information content (AvgIpc) is 2.87. The fourth-order valence-electron chi connectivity index (χ4n) is 1.38. The molecule has 6 nitrogen and oxygen atoms in total. The molecular weight excluding hydrogens is 283 g/mol. The minimum Gasteiger partial charge on any atom is -0.477 e. The molecule has 0 aliphatic carbocycles. The third kappa shape index (κ3) is 3.11. The van der Waals surface area contributed by atoms with Gasteiger partial charge in [0, 0.05) is 0 Å². The molecule has 0 unspecified atom stereocenters. The van der Waals surface area contributed by atoms with Gasteiger partial charge in [0.2, 0.25) is 5.88 Å². The van der Waals surface area contributed by atoms with E-state index in [1.807, 2.05) is 0 Å². The molecule has 1 N–H and O–H groups in total. The van der Waals surface area contributed by atoms with Crippen molar-refractivity contribution in [2.75, 3.05) is 6.61 Å². The Labute approximate surface area is 110 Å². The SMILES string of the molecule is O=C(O)c1ccc(C(F)(F)F)c(OCC2OC=CO2)n1. The summed E-state index contributed by atoms with van der Waals surface area (Å²) in [6.07, 6.45) is -3.19. The van der Waals surface area contributed by atoms with Gasteiger partial charge in [-0.15, -0.1) is 0 Å². The molecule has 2 rings (SSSR count). The number of aromatic nitrogens is 1. The predicted octanol–water partition coefficient (Wildman–Crippen LogP) is 2.02. The fourth-order valence-corrected chi connectivity index (χ4v) is 1.38. The van der Waals surface area contributed by atoms with Gasteiger partial charge in [-0.25, -0.2) is 9.78 Å². The highest BCUT2D eigenvalue weighted by Crippen LogP contribution is 2.35. The van der Waals surface area contributed by atoms with Crippen LogP contribution in [0.1, 0.15) is 16.1 Å². The van der Waals surface area contributed by atoms with Crippen LogP contribution in [-0.2, 0) is 15.7 Å². The lowest BCUT2D eigenvalue weighted by atomic mass is 10.2. The van der Waals surface area contributed by atoms with Gasteiger partial charge in [-0.1, -0.05) is 0 Å². The lowest BCUT2D eigenvalue weighted by Crippen LogP contribution is -2.21. The Kier molecular flexibility index (Phi) is 3.68. The molecular formula is C11H8F3NO5. The molecule has 1 aromatic heterocycles. The fraction of sp³-hybridized carbons (Fsp3) is 0.273. The van der Waals surface area contributed by atoms with Crippen molar-refractivity contribution < 1.29 is 37.3 Å². The summed E-state index contributed by atoms with van der Waals surface area (Å²) in [5.74, 6) is -2.30. The third-order valence-corrected chi connectivity index (χ3v) is 2.26. The van der Waals surface area contributed by atoms with Crippen LogP contribution in [0.5, 0.6) is 5.88 Å². The number of aromatic carboxylic acids is 1. The van der Waals surface area contributed by atoms with Gasteiger partial charge < -0.3 is 19.3 Å². The maximum atomic E-state index is 12.7. The van der Waals surface area contributed by atoms with Crippen LogP contribution in [0, 0.1) is 0 Å². The number of carboxylic acid groups (broad SMARTS) is 1. The summed E-state index contributed by atoms with van der Waals surface area (Å²) >= 11 is 0. The number of nitrogens with zero attached hydrogens (tertiary/aromatic N) is 1. The van der Waals surface area contributed by atoms with Crippen LogP contribution in [0.25, 0.3) is 0 Å². The van der Waals surface area contributed by atoms with Gasteiger partial charge in [-0.05, 0) is 12.1 Å². The minimum absolute atomic E-state index is 0.369. The Morgan fingerprint density at radius 3 is 2.55 bits per heavy atom. The molecule has 0 amide bonds. The standard InChI is InChI=1S/C11H8F3NO5/c12-11(13,14)6-1-2-7(10(16)17)15-9(6)20-5-8-18-3-4-19-8/h1-4,8H,5H2,(H,16,17). The van der Waals surface area contributed by atoms with Gasteiger partial charge in [-0.2, -0.15) is 13.2 Å². The second kappa shape index (κ2) is 5.27. The van der Waals surface area contributed by atoms with Crippen LogP contribution in [0.2, 0.25) is 0 Å². The zero-order valence-electron chi connectivity index (χ0n) is 9.76. The van der Waals surface area contributed by atoms with Crippen molar-refractivity contribution in [3.63, 3.8) is 0 Å². The Morgan fingerprint density at radius 2 is 2.00 bits per heavy atom. The van der Waals surface area contributed by atoms with E-state index in [1.165, 1.54) is 12.5 Å². The molecule has 108 valence electrons. The lowest BCUT2D eigenvalue weighted by molar-refractivity contribution is -0.140. The lowest BCUT2D eigenvalue weighted by Gasteiger charge is -2.15. The highest BCUT2D eigenvalue weighted by atomic mass is 19.4. The molecule has 0 saturated heterocycles. The van der Waals surface area contributed by atoms with Gasteiger partial charge >= 0.3 is 12.1 Å². The number of rotatable bonds is 4. The topological polar surface area (TPSA) is 77.9 Å². The summed E-state index contributed by atoms with van der Waals surface area (Å²) in [5, 5.41) is 8.72. The quantitative estimate of drug-likeness (QED) is 0.914. The van der Waals surface area contributed by atoms with Gasteiger partial charge in [-0.3, -0.25) is 0 Å². The highest BCUT2D eigenvalue weighted by molar-refractivity contribution is 5.85. The van der Waals surface area contributed by atoms with E-state index in [-0.39, 0.29) is 6.61 Å². The van der Waals surface area contributed by atoms with Crippen molar-refractivity contribution in [1.82, 2.24) is 4.98 Å². The first-order chi connectivity index (χ1) is 9.38. The van der Waals surface area contributed by atoms with Crippen LogP contribution in [-0.4, -0.2) is 29.0 Å². The average molecular weight is 291 g/mol. The molecule has 0 bridgehead atoms. The zero-order chi connectivity index (χ0) is 14.8. The first-order valence-corrected chi connectivity index (χ1v) is 5.28. The largest absolute Gasteiger partial charge is 0.477 e. The van der Waals surface area contributed by atoms with Crippen molar-refractivity contribution in [2.45, 2.75) is 12.5 Å². The second-order valence-electron chi connectivity index (χ2n) is 3.64. The Morgan fingerprint density at radius 1 is 1.35 bits per heavy atom. The Hall–Kier alpha value is -2.45. The molecule has 0 saturated carbocycles. The monoisotopic (exact) mass is 291 g/mol. The number of carbonyl (C=O) groups is 1. The van der Waals surface area contributed by atoms with Crippen molar-refractivity contribution >= 4 is 5.97 Å². The van der Waals surface area contributed by atoms with Crippen LogP contribution in [0.3, 0.4) is 0 Å². The number of ether oxygens (including phenoxy) is 3. The van der Waals surface area contributed by atoms with Gasteiger partial charge in [0.1, 0.15) is 18.1 Å². The molecule has 1 aliphatic heterocycles. The number of hydrogen-bond donors (Lipinski definition) is 1. The highest BCUT2D eigenvalue weighted by Gasteiger charge is 2.36. The number of pyridine rings is 1. The summed E-state index contributed by atoms with van der Waals surface area (Å²) < 4.78 is 52.7. The number of carboxylic acids is 1. The summed E-state index contributed by atoms with van der Waals surface area (Å²) in [6.45, 7) is -0.369. The van der Waals surface area contributed by atoms with Crippen LogP contribution in [0.15, 0.2) is 24.7 Å². The zero-order valence-corrected chi connectivity index (χ0v) is 9.76. The molecule has 2 heterocycles. The Balaban J connectivity index is 2.21. The molecule has 20 heavy (non-hydrogen) atoms. The Bertz CT molecular complexity index is 535. The molecule has 0 atom stereocenters. The van der Waals surface area contributed by atoms with Crippen LogP contribution in [0.4, 0.5) is 13.2 Å². The summed E-state index contributed by atoms with van der Waals surface area (Å²) in [6, 6.07) is 1.35. The maximum Gasteiger partial charge on any atom is 0.421 e. The molecule has 0 aromatic carbocycles. The van der Waals surface area contributed by atoms with E-state index in [9.17, 15) is 18.0 Å². The van der Waals surface area contributed by atoms with Crippen LogP contribution < -0.4 is 4.74 Å². The summed E-state index contributed by atoms with van der Waals surface area (Å²) in [5.41, 5.74) is -1.73. The molecule has 0 spiro atoms. The van der Waals surface area contributed by atoms with Crippen molar-refractivity contribution in [2.24, 2.45) is 0 Å². The number of halogens is 3. The van der Waals surface area contributed by atoms with E-state index in [4.69, 9.17) is 19.3 Å². The smallest absolute Gasteiger partial charge is 0.421 e. The number of alkyl halides is 3. The summed E-state index contributed by atoms with van der Waals surface area (Å²) in [7, 11) is 0. The van der Waals surface area contributed by atoms with Crippen LogP contribution >= 0.6 is 0 Å². The van der Waals surface area contributed by atoms with E-state index in [2.05, 4.69) is 4.98 Å². The molecule has 1 aromatic rings. The molecule has 0 fully saturated rings. The minimum atomic E-state index is -4.71. The summed E-state index contributed by atoms with van der Waals surface area (Å²) in [4.78, 5) is 14.0. The molecule has 0 radical (unpaired) electrons.